The van der Waals surface area contributed by atoms with E-state index < -0.39 is 0 Å². The number of carbonyl (C=O) groups excluding carboxylic acids is 1. The number of nitrogens with one attached hydrogen (secondary N) is 1. The second kappa shape index (κ2) is 7.83. The lowest BCUT2D eigenvalue weighted by atomic mass is 10.1. The largest absolute Gasteiger partial charge is 0.415 e. The van der Waals surface area contributed by atoms with Crippen molar-refractivity contribution >= 4 is 16.8 Å². The first kappa shape index (κ1) is 18.8. The van der Waals surface area contributed by atoms with Crippen molar-refractivity contribution in [3.05, 3.63) is 83.4 Å². The Labute approximate surface area is 169 Å². The van der Waals surface area contributed by atoms with E-state index in [2.05, 4.69) is 35.4 Å². The van der Waals surface area contributed by atoms with Crippen LogP contribution in [0.5, 0.6) is 0 Å². The molecule has 2 heterocycles. The first-order chi connectivity index (χ1) is 14.1. The molecule has 0 bridgehead atoms. The highest BCUT2D eigenvalue weighted by atomic mass is 16.6. The first-order valence-electron chi connectivity index (χ1n) is 9.61. The molecule has 0 spiro atoms. The zero-order valence-electron chi connectivity index (χ0n) is 16.8. The number of fused-ring (bicyclic) bond motifs is 1. The van der Waals surface area contributed by atoms with E-state index in [9.17, 15) is 4.79 Å². The monoisotopic (exact) mass is 388 g/mol. The van der Waals surface area contributed by atoms with Crippen LogP contribution < -0.4 is 10.2 Å². The normalized spacial score (nSPS) is 11.0. The van der Waals surface area contributed by atoms with Crippen molar-refractivity contribution in [3.63, 3.8) is 0 Å². The van der Waals surface area contributed by atoms with Crippen molar-refractivity contribution in [2.45, 2.75) is 20.3 Å². The van der Waals surface area contributed by atoms with E-state index in [1.54, 1.807) is 13.4 Å². The van der Waals surface area contributed by atoms with E-state index >= 15 is 0 Å². The number of carbonyl (C=O) groups is 1. The summed E-state index contributed by atoms with van der Waals surface area (Å²) >= 11 is 0. The van der Waals surface area contributed by atoms with Crippen molar-refractivity contribution in [1.82, 2.24) is 19.6 Å². The summed E-state index contributed by atoms with van der Waals surface area (Å²) in [6, 6.07) is 15.6. The molecule has 0 aliphatic rings. The summed E-state index contributed by atoms with van der Waals surface area (Å²) in [5.74, 6) is 0.833. The zero-order valence-corrected chi connectivity index (χ0v) is 16.8. The van der Waals surface area contributed by atoms with E-state index in [-0.39, 0.29) is 5.91 Å². The predicted octanol–water partition coefficient (Wildman–Crippen LogP) is 3.47. The molecular weight excluding hydrogens is 364 g/mol. The fraction of sp³-hybridized carbons (Fsp3) is 0.217. The minimum absolute atomic E-state index is 0.0720. The Morgan fingerprint density at radius 1 is 1.14 bits per heavy atom. The van der Waals surface area contributed by atoms with Gasteiger partial charge in [0.1, 0.15) is 13.4 Å². The Hall–Kier alpha value is -3.54. The first-order valence-corrected chi connectivity index (χ1v) is 9.61. The number of aromatic nitrogens is 3. The quantitative estimate of drug-likeness (QED) is 0.550. The fourth-order valence-corrected chi connectivity index (χ4v) is 3.65. The van der Waals surface area contributed by atoms with Gasteiger partial charge in [0, 0.05) is 29.3 Å². The second-order valence-electron chi connectivity index (χ2n) is 7.09. The van der Waals surface area contributed by atoms with Crippen molar-refractivity contribution in [1.29, 1.82) is 0 Å². The molecule has 2 aromatic carbocycles. The molecule has 6 nitrogen and oxygen atoms in total. The van der Waals surface area contributed by atoms with E-state index in [1.807, 2.05) is 52.7 Å². The van der Waals surface area contributed by atoms with Gasteiger partial charge >= 0.3 is 0 Å². The molecule has 4 aromatic rings. The van der Waals surface area contributed by atoms with Gasteiger partial charge in [0.2, 0.25) is 0 Å². The van der Waals surface area contributed by atoms with Crippen molar-refractivity contribution in [3.8, 4) is 5.82 Å². The van der Waals surface area contributed by atoms with Crippen LogP contribution in [-0.4, -0.2) is 33.8 Å². The third-order valence-electron chi connectivity index (χ3n) is 4.99. The van der Waals surface area contributed by atoms with E-state index in [1.165, 1.54) is 5.56 Å². The van der Waals surface area contributed by atoms with Crippen molar-refractivity contribution in [2.75, 3.05) is 13.7 Å². The smallest absolute Gasteiger partial charge is 0.251 e. The average molecular weight is 388 g/mol. The maximum Gasteiger partial charge on any atom is 0.251 e. The highest BCUT2D eigenvalue weighted by Gasteiger charge is 2.20. The van der Waals surface area contributed by atoms with Crippen LogP contribution in [0.4, 0.5) is 0 Å². The van der Waals surface area contributed by atoms with Gasteiger partial charge in [-0.15, -0.1) is 0 Å². The maximum atomic E-state index is 12.4. The van der Waals surface area contributed by atoms with E-state index in [4.69, 9.17) is 4.84 Å². The Morgan fingerprint density at radius 2 is 1.93 bits per heavy atom. The molecule has 29 heavy (non-hydrogen) atoms. The van der Waals surface area contributed by atoms with Crippen LogP contribution >= 0.6 is 0 Å². The number of imidazole rings is 1. The molecule has 6 heteroatoms. The van der Waals surface area contributed by atoms with Gasteiger partial charge in [-0.05, 0) is 44.5 Å². The molecule has 0 aliphatic heterocycles. The molecule has 0 aliphatic carbocycles. The third-order valence-corrected chi connectivity index (χ3v) is 4.99. The Bertz CT molecular complexity index is 1160. The number of hydrogen-bond acceptors (Lipinski definition) is 3. The van der Waals surface area contributed by atoms with E-state index in [0.717, 1.165) is 28.0 Å². The number of aryl methyl sites for hydroxylation is 2. The number of amides is 1. The molecular formula is C23H24N4O2. The second-order valence-corrected chi connectivity index (χ2v) is 7.09. The summed E-state index contributed by atoms with van der Waals surface area (Å²) in [5, 5.41) is 4.14. The van der Waals surface area contributed by atoms with Crippen LogP contribution in [0.2, 0.25) is 0 Å². The summed E-state index contributed by atoms with van der Waals surface area (Å²) in [4.78, 5) is 22.5. The van der Waals surface area contributed by atoms with Crippen LogP contribution in [0.15, 0.2) is 61.1 Å². The fourth-order valence-electron chi connectivity index (χ4n) is 3.65. The third kappa shape index (κ3) is 3.61. The Balaban J connectivity index is 1.70. The van der Waals surface area contributed by atoms with Gasteiger partial charge in [0.05, 0.1) is 11.2 Å². The van der Waals surface area contributed by atoms with Gasteiger partial charge in [-0.25, -0.2) is 4.98 Å². The number of hydrogen-bond donors (Lipinski definition) is 1. The van der Waals surface area contributed by atoms with E-state index in [0.29, 0.717) is 18.5 Å². The highest BCUT2D eigenvalue weighted by Crippen LogP contribution is 2.30. The maximum absolute atomic E-state index is 12.4. The SMILES string of the molecule is COn1c(-n2cnc(C)c2)c(CCNC(=O)c2ccccc2)c2cc(C)ccc21. The molecule has 2 aromatic heterocycles. The van der Waals surface area contributed by atoms with Gasteiger partial charge in [-0.3, -0.25) is 9.36 Å². The molecule has 0 saturated carbocycles. The minimum atomic E-state index is -0.0720. The number of rotatable bonds is 6. The van der Waals surface area contributed by atoms with Gasteiger partial charge < -0.3 is 10.2 Å². The topological polar surface area (TPSA) is 61.1 Å². The lowest BCUT2D eigenvalue weighted by Gasteiger charge is -2.11. The van der Waals surface area contributed by atoms with Crippen LogP contribution in [0.25, 0.3) is 16.7 Å². The molecule has 0 radical (unpaired) electrons. The van der Waals surface area contributed by atoms with Gasteiger partial charge in [0.25, 0.3) is 5.91 Å². The lowest BCUT2D eigenvalue weighted by molar-refractivity contribution is 0.0954. The molecule has 1 N–H and O–H groups in total. The molecule has 4 rings (SSSR count). The van der Waals surface area contributed by atoms with Crippen LogP contribution in [0.3, 0.4) is 0 Å². The molecule has 148 valence electrons. The molecule has 0 saturated heterocycles. The number of benzene rings is 2. The van der Waals surface area contributed by atoms with Gasteiger partial charge in [0.15, 0.2) is 5.82 Å². The zero-order chi connectivity index (χ0) is 20.4. The lowest BCUT2D eigenvalue weighted by Crippen LogP contribution is -2.26. The Morgan fingerprint density at radius 3 is 2.62 bits per heavy atom. The van der Waals surface area contributed by atoms with Crippen LogP contribution in [0.1, 0.15) is 27.2 Å². The summed E-state index contributed by atoms with van der Waals surface area (Å²) in [6.45, 7) is 4.55. The molecule has 0 atom stereocenters. The summed E-state index contributed by atoms with van der Waals surface area (Å²) in [6.07, 6.45) is 4.43. The standard InChI is InChI=1S/C23H24N4O2/c1-16-9-10-21-20(13-16)19(11-12-24-22(28)18-7-5-4-6-8-18)23(27(21)29-3)26-14-17(2)25-15-26/h4-10,13-15H,11-12H2,1-3H3,(H,24,28). The molecule has 0 unspecified atom stereocenters. The summed E-state index contributed by atoms with van der Waals surface area (Å²) < 4.78 is 3.80. The number of nitrogens with zero attached hydrogens (tertiary/aromatic N) is 3. The Kier molecular flexibility index (Phi) is 5.08. The van der Waals surface area contributed by atoms with Crippen LogP contribution in [-0.2, 0) is 6.42 Å². The van der Waals surface area contributed by atoms with Crippen LogP contribution in [0, 0.1) is 13.8 Å². The summed E-state index contributed by atoms with van der Waals surface area (Å²) in [5.41, 5.74) is 4.86. The van der Waals surface area contributed by atoms with Crippen molar-refractivity contribution < 1.29 is 9.63 Å². The highest BCUT2D eigenvalue weighted by molar-refractivity contribution is 5.94. The van der Waals surface area contributed by atoms with Crippen molar-refractivity contribution in [2.24, 2.45) is 0 Å². The average Bonchev–Trinajstić information content (AvgIpc) is 3.29. The predicted molar refractivity (Wildman–Crippen MR) is 114 cm³/mol. The minimum Gasteiger partial charge on any atom is -0.415 e. The van der Waals surface area contributed by atoms with Gasteiger partial charge in [-0.1, -0.05) is 29.8 Å². The molecule has 1 amide bonds. The summed E-state index contributed by atoms with van der Waals surface area (Å²) in [7, 11) is 1.66. The molecule has 0 fully saturated rings. The van der Waals surface area contributed by atoms with Gasteiger partial charge in [-0.2, -0.15) is 4.73 Å².